The van der Waals surface area contributed by atoms with E-state index in [1.54, 1.807) is 4.52 Å². The Morgan fingerprint density at radius 3 is 2.55 bits per heavy atom. The molecule has 1 N–H and O–H groups in total. The van der Waals surface area contributed by atoms with Crippen LogP contribution < -0.4 is 10.2 Å². The van der Waals surface area contributed by atoms with Gasteiger partial charge in [0.25, 0.3) is 5.78 Å². The molecular weight excluding hydrogens is 384 g/mol. The number of anilines is 1. The molecule has 1 aromatic carbocycles. The third-order valence-corrected chi connectivity index (χ3v) is 5.50. The maximum atomic E-state index is 12.5. The topological polar surface area (TPSA) is 75.4 Å². The highest BCUT2D eigenvalue weighted by Gasteiger charge is 2.15. The number of carbonyl (C=O) groups excluding carboxylic acids is 1. The number of nitrogens with zero attached hydrogens (tertiary/aromatic N) is 5. The van der Waals surface area contributed by atoms with E-state index in [0.717, 1.165) is 29.8 Å². The number of benzene rings is 1. The highest BCUT2D eigenvalue weighted by Crippen LogP contribution is 2.17. The van der Waals surface area contributed by atoms with E-state index in [2.05, 4.69) is 49.5 Å². The summed E-state index contributed by atoms with van der Waals surface area (Å²) in [5.41, 5.74) is 5.12. The van der Waals surface area contributed by atoms with Gasteiger partial charge in [0.2, 0.25) is 11.1 Å². The van der Waals surface area contributed by atoms with Crippen molar-refractivity contribution in [1.29, 1.82) is 0 Å². The molecule has 0 bridgehead atoms. The SMILES string of the molecule is CSc1nc2nc(C)c(CC(=O)NCCCc3ccc(N(C)C)cc3)c(C)n2n1. The van der Waals surface area contributed by atoms with Gasteiger partial charge in [0.05, 0.1) is 6.42 Å². The van der Waals surface area contributed by atoms with Crippen molar-refractivity contribution >= 4 is 29.1 Å². The van der Waals surface area contributed by atoms with E-state index in [1.807, 2.05) is 34.2 Å². The number of hydrogen-bond acceptors (Lipinski definition) is 6. The lowest BCUT2D eigenvalue weighted by atomic mass is 10.1. The zero-order valence-corrected chi connectivity index (χ0v) is 18.5. The van der Waals surface area contributed by atoms with Crippen LogP contribution in [-0.2, 0) is 17.6 Å². The summed E-state index contributed by atoms with van der Waals surface area (Å²) in [6.07, 6.45) is 4.08. The summed E-state index contributed by atoms with van der Waals surface area (Å²) >= 11 is 1.48. The third-order valence-electron chi connectivity index (χ3n) is 4.97. The summed E-state index contributed by atoms with van der Waals surface area (Å²) in [5, 5.41) is 8.14. The molecule has 0 aliphatic heterocycles. The van der Waals surface area contributed by atoms with Crippen LogP contribution in [0.5, 0.6) is 0 Å². The summed E-state index contributed by atoms with van der Waals surface area (Å²) in [7, 11) is 4.07. The number of fused-ring (bicyclic) bond motifs is 1. The maximum Gasteiger partial charge on any atom is 0.253 e. The van der Waals surface area contributed by atoms with Gasteiger partial charge in [-0.25, -0.2) is 9.50 Å². The van der Waals surface area contributed by atoms with E-state index in [9.17, 15) is 4.79 Å². The quantitative estimate of drug-likeness (QED) is 0.453. The van der Waals surface area contributed by atoms with Crippen molar-refractivity contribution in [3.05, 3.63) is 46.8 Å². The first-order valence-corrected chi connectivity index (χ1v) is 10.9. The predicted molar refractivity (Wildman–Crippen MR) is 118 cm³/mol. The van der Waals surface area contributed by atoms with Gasteiger partial charge in [-0.2, -0.15) is 4.98 Å². The number of carbonyl (C=O) groups is 1. The molecule has 7 nitrogen and oxygen atoms in total. The Kier molecular flexibility index (Phi) is 6.74. The van der Waals surface area contributed by atoms with Gasteiger partial charge >= 0.3 is 0 Å². The number of nitrogens with one attached hydrogen (secondary N) is 1. The number of amides is 1. The minimum absolute atomic E-state index is 0.00510. The molecule has 0 atom stereocenters. The van der Waals surface area contributed by atoms with Gasteiger partial charge in [-0.3, -0.25) is 4.79 Å². The van der Waals surface area contributed by atoms with Crippen LogP contribution >= 0.6 is 11.8 Å². The van der Waals surface area contributed by atoms with Gasteiger partial charge in [-0.15, -0.1) is 5.10 Å². The Morgan fingerprint density at radius 1 is 1.17 bits per heavy atom. The molecule has 3 aromatic rings. The van der Waals surface area contributed by atoms with Gasteiger partial charge in [0.1, 0.15) is 0 Å². The first-order valence-electron chi connectivity index (χ1n) is 9.69. The molecule has 0 saturated heterocycles. The molecule has 0 unspecified atom stereocenters. The lowest BCUT2D eigenvalue weighted by molar-refractivity contribution is -0.120. The minimum Gasteiger partial charge on any atom is -0.378 e. The number of thioether (sulfide) groups is 1. The minimum atomic E-state index is 0.00510. The summed E-state index contributed by atoms with van der Waals surface area (Å²) < 4.78 is 1.72. The Hall–Kier alpha value is -2.61. The Balaban J connectivity index is 1.54. The highest BCUT2D eigenvalue weighted by atomic mass is 32.2. The van der Waals surface area contributed by atoms with Gasteiger partial charge in [0, 0.05) is 43.3 Å². The molecule has 0 fully saturated rings. The molecule has 0 spiro atoms. The van der Waals surface area contributed by atoms with Crippen LogP contribution in [0.3, 0.4) is 0 Å². The van der Waals surface area contributed by atoms with Gasteiger partial charge in [-0.1, -0.05) is 23.9 Å². The molecular formula is C21H28N6OS. The molecule has 0 saturated carbocycles. The highest BCUT2D eigenvalue weighted by molar-refractivity contribution is 7.98. The van der Waals surface area contributed by atoms with Crippen molar-refractivity contribution in [2.24, 2.45) is 0 Å². The third kappa shape index (κ3) is 5.06. The van der Waals surface area contributed by atoms with Crippen molar-refractivity contribution < 1.29 is 4.79 Å². The zero-order chi connectivity index (χ0) is 21.0. The molecule has 1 amide bonds. The lowest BCUT2D eigenvalue weighted by Gasteiger charge is -2.13. The van der Waals surface area contributed by atoms with E-state index in [4.69, 9.17) is 0 Å². The fourth-order valence-corrected chi connectivity index (χ4v) is 3.57. The second-order valence-electron chi connectivity index (χ2n) is 7.26. The molecule has 0 aliphatic carbocycles. The van der Waals surface area contributed by atoms with Crippen molar-refractivity contribution in [2.75, 3.05) is 31.8 Å². The largest absolute Gasteiger partial charge is 0.378 e. The second-order valence-corrected chi connectivity index (χ2v) is 8.04. The Labute approximate surface area is 175 Å². The average molecular weight is 413 g/mol. The van der Waals surface area contributed by atoms with Crippen LogP contribution in [-0.4, -0.2) is 52.4 Å². The summed E-state index contributed by atoms with van der Waals surface area (Å²) in [6, 6.07) is 8.53. The van der Waals surface area contributed by atoms with E-state index in [0.29, 0.717) is 23.9 Å². The van der Waals surface area contributed by atoms with Gasteiger partial charge < -0.3 is 10.2 Å². The number of aromatic nitrogens is 4. The van der Waals surface area contributed by atoms with Crippen LogP contribution in [0.25, 0.3) is 5.78 Å². The second kappa shape index (κ2) is 9.26. The van der Waals surface area contributed by atoms with Crippen LogP contribution in [0.15, 0.2) is 29.4 Å². The van der Waals surface area contributed by atoms with Crippen molar-refractivity contribution in [3.63, 3.8) is 0 Å². The van der Waals surface area contributed by atoms with Gasteiger partial charge in [-0.05, 0) is 50.6 Å². The summed E-state index contributed by atoms with van der Waals surface area (Å²) in [4.78, 5) is 23.4. The standard InChI is InChI=1S/C21H28N6OS/c1-14-18(15(2)27-20(23-14)24-21(25-27)29-5)13-19(28)22-12-6-7-16-8-10-17(11-9-16)26(3)4/h8-11H,6-7,12-13H2,1-5H3,(H,22,28). The summed E-state index contributed by atoms with van der Waals surface area (Å²) in [6.45, 7) is 4.53. The molecule has 2 aromatic heterocycles. The molecule has 0 aliphatic rings. The molecule has 29 heavy (non-hydrogen) atoms. The monoisotopic (exact) mass is 412 g/mol. The predicted octanol–water partition coefficient (Wildman–Crippen LogP) is 2.82. The normalized spacial score (nSPS) is 11.1. The fourth-order valence-electron chi connectivity index (χ4n) is 3.24. The van der Waals surface area contributed by atoms with E-state index < -0.39 is 0 Å². The zero-order valence-electron chi connectivity index (χ0n) is 17.7. The molecule has 8 heteroatoms. The van der Waals surface area contributed by atoms with E-state index in [1.165, 1.54) is 23.0 Å². The first kappa shape index (κ1) is 21.1. The molecule has 3 rings (SSSR count). The lowest BCUT2D eigenvalue weighted by Crippen LogP contribution is -2.27. The van der Waals surface area contributed by atoms with Crippen LogP contribution in [0.4, 0.5) is 5.69 Å². The maximum absolute atomic E-state index is 12.5. The van der Waals surface area contributed by atoms with Crippen molar-refractivity contribution in [2.45, 2.75) is 38.3 Å². The van der Waals surface area contributed by atoms with Gasteiger partial charge in [0.15, 0.2) is 0 Å². The molecule has 2 heterocycles. The van der Waals surface area contributed by atoms with E-state index in [-0.39, 0.29) is 5.91 Å². The van der Waals surface area contributed by atoms with Crippen LogP contribution in [0, 0.1) is 13.8 Å². The number of hydrogen-bond donors (Lipinski definition) is 1. The van der Waals surface area contributed by atoms with E-state index >= 15 is 0 Å². The Bertz CT molecular complexity index is 997. The number of rotatable bonds is 8. The first-order chi connectivity index (χ1) is 13.9. The average Bonchev–Trinajstić information content (AvgIpc) is 3.12. The van der Waals surface area contributed by atoms with Crippen molar-refractivity contribution in [1.82, 2.24) is 24.9 Å². The van der Waals surface area contributed by atoms with Crippen molar-refractivity contribution in [3.8, 4) is 0 Å². The molecule has 0 radical (unpaired) electrons. The van der Waals surface area contributed by atoms with Crippen LogP contribution in [0.2, 0.25) is 0 Å². The van der Waals surface area contributed by atoms with Crippen LogP contribution in [0.1, 0.15) is 28.9 Å². The smallest absolute Gasteiger partial charge is 0.253 e. The number of aryl methyl sites for hydroxylation is 3. The fraction of sp³-hybridized carbons (Fsp3) is 0.429. The summed E-state index contributed by atoms with van der Waals surface area (Å²) in [5.74, 6) is 0.583. The Morgan fingerprint density at radius 2 is 1.90 bits per heavy atom. The molecule has 154 valence electrons.